The van der Waals surface area contributed by atoms with Crippen molar-refractivity contribution < 1.29 is 22.0 Å². The standard InChI is InChI=1S/C6H5F5/c1-2-3-4(7)5(8)6(9,10)11/h2H,1,3H2. The summed E-state index contributed by atoms with van der Waals surface area (Å²) in [6.07, 6.45) is -5.13. The summed E-state index contributed by atoms with van der Waals surface area (Å²) in [7, 11) is 0. The van der Waals surface area contributed by atoms with E-state index < -0.39 is 24.3 Å². The Bertz CT molecular complexity index is 176. The molecule has 0 N–H and O–H groups in total. The van der Waals surface area contributed by atoms with Crippen molar-refractivity contribution in [2.75, 3.05) is 0 Å². The Labute approximate surface area is 60.0 Å². The van der Waals surface area contributed by atoms with E-state index in [4.69, 9.17) is 0 Å². The van der Waals surface area contributed by atoms with E-state index in [1.807, 2.05) is 0 Å². The predicted molar refractivity (Wildman–Crippen MR) is 30.1 cm³/mol. The summed E-state index contributed by atoms with van der Waals surface area (Å²) in [6, 6.07) is 0. The van der Waals surface area contributed by atoms with Crippen molar-refractivity contribution in [2.45, 2.75) is 12.6 Å². The topological polar surface area (TPSA) is 0 Å². The maximum atomic E-state index is 12.0. The quantitative estimate of drug-likeness (QED) is 0.443. The van der Waals surface area contributed by atoms with Crippen LogP contribution >= 0.6 is 0 Å². The molecule has 0 nitrogen and oxygen atoms in total. The third-order valence-corrected chi connectivity index (χ3v) is 0.811. The average molecular weight is 172 g/mol. The van der Waals surface area contributed by atoms with E-state index in [0.29, 0.717) is 0 Å². The first-order valence-corrected chi connectivity index (χ1v) is 2.61. The van der Waals surface area contributed by atoms with Gasteiger partial charge in [-0.15, -0.1) is 6.58 Å². The Kier molecular flexibility index (Phi) is 3.22. The first-order valence-electron chi connectivity index (χ1n) is 2.61. The lowest BCUT2D eigenvalue weighted by molar-refractivity contribution is -0.111. The van der Waals surface area contributed by atoms with Crippen molar-refractivity contribution in [3.8, 4) is 0 Å². The van der Waals surface area contributed by atoms with E-state index in [9.17, 15) is 22.0 Å². The van der Waals surface area contributed by atoms with Gasteiger partial charge in [-0.2, -0.15) is 17.6 Å². The van der Waals surface area contributed by atoms with Crippen molar-refractivity contribution in [3.05, 3.63) is 24.3 Å². The molecule has 0 aliphatic rings. The van der Waals surface area contributed by atoms with Crippen LogP contribution in [0.5, 0.6) is 0 Å². The fraction of sp³-hybridized carbons (Fsp3) is 0.333. The molecular weight excluding hydrogens is 167 g/mol. The zero-order chi connectivity index (χ0) is 9.07. The smallest absolute Gasteiger partial charge is 0.208 e. The van der Waals surface area contributed by atoms with Gasteiger partial charge in [0.15, 0.2) is 0 Å². The van der Waals surface area contributed by atoms with Crippen LogP contribution in [0.3, 0.4) is 0 Å². The van der Waals surface area contributed by atoms with Gasteiger partial charge >= 0.3 is 6.18 Å². The minimum absolute atomic E-state index is 0.745. The Hall–Kier alpha value is -0.870. The first kappa shape index (κ1) is 10.1. The number of hydrogen-bond donors (Lipinski definition) is 0. The van der Waals surface area contributed by atoms with E-state index in [-0.39, 0.29) is 0 Å². The van der Waals surface area contributed by atoms with Crippen molar-refractivity contribution in [1.82, 2.24) is 0 Å². The van der Waals surface area contributed by atoms with Crippen LogP contribution in [0.15, 0.2) is 24.3 Å². The molecule has 0 fully saturated rings. The third-order valence-electron chi connectivity index (χ3n) is 0.811. The molecule has 0 aliphatic carbocycles. The summed E-state index contributed by atoms with van der Waals surface area (Å²) in [5, 5.41) is 0. The molecule has 0 unspecified atom stereocenters. The molecule has 0 aliphatic heterocycles. The molecule has 0 rings (SSSR count). The number of rotatable bonds is 2. The molecule has 0 heterocycles. The molecule has 0 saturated heterocycles. The van der Waals surface area contributed by atoms with Gasteiger partial charge in [0, 0.05) is 6.42 Å². The fourth-order valence-electron chi connectivity index (χ4n) is 0.370. The molecule has 0 aromatic heterocycles. The van der Waals surface area contributed by atoms with Gasteiger partial charge in [0.2, 0.25) is 5.83 Å². The molecular formula is C6H5F5. The van der Waals surface area contributed by atoms with E-state index in [2.05, 4.69) is 6.58 Å². The summed E-state index contributed by atoms with van der Waals surface area (Å²) in [6.45, 7) is 2.96. The van der Waals surface area contributed by atoms with Crippen LogP contribution in [0.4, 0.5) is 22.0 Å². The Morgan fingerprint density at radius 3 is 2.00 bits per heavy atom. The number of hydrogen-bond acceptors (Lipinski definition) is 0. The monoisotopic (exact) mass is 172 g/mol. The summed E-state index contributed by atoms with van der Waals surface area (Å²) >= 11 is 0. The Balaban J connectivity index is 4.52. The zero-order valence-electron chi connectivity index (χ0n) is 5.38. The number of halogens is 5. The fourth-order valence-corrected chi connectivity index (χ4v) is 0.370. The van der Waals surface area contributed by atoms with Gasteiger partial charge in [0.1, 0.15) is 5.83 Å². The van der Waals surface area contributed by atoms with Gasteiger partial charge < -0.3 is 0 Å². The van der Waals surface area contributed by atoms with Crippen LogP contribution in [0, 0.1) is 0 Å². The molecule has 0 aromatic rings. The maximum absolute atomic E-state index is 12.0. The highest BCUT2D eigenvalue weighted by molar-refractivity contribution is 5.08. The lowest BCUT2D eigenvalue weighted by Crippen LogP contribution is -2.09. The molecule has 0 aromatic carbocycles. The lowest BCUT2D eigenvalue weighted by Gasteiger charge is -2.02. The Morgan fingerprint density at radius 2 is 1.73 bits per heavy atom. The van der Waals surface area contributed by atoms with E-state index in [0.717, 1.165) is 6.08 Å². The Morgan fingerprint density at radius 1 is 1.27 bits per heavy atom. The summed E-state index contributed by atoms with van der Waals surface area (Å²) < 4.78 is 57.8. The van der Waals surface area contributed by atoms with E-state index >= 15 is 0 Å². The van der Waals surface area contributed by atoms with Crippen LogP contribution in [0.1, 0.15) is 6.42 Å². The predicted octanol–water partition coefficient (Wildman–Crippen LogP) is 3.28. The van der Waals surface area contributed by atoms with Crippen LogP contribution in [-0.2, 0) is 0 Å². The summed E-state index contributed by atoms with van der Waals surface area (Å²) in [5.74, 6) is -4.52. The van der Waals surface area contributed by atoms with E-state index in [1.54, 1.807) is 0 Å². The highest BCUT2D eigenvalue weighted by atomic mass is 19.4. The minimum Gasteiger partial charge on any atom is -0.208 e. The van der Waals surface area contributed by atoms with Gasteiger partial charge in [-0.1, -0.05) is 6.08 Å². The second-order valence-electron chi connectivity index (χ2n) is 1.71. The molecule has 5 heteroatoms. The maximum Gasteiger partial charge on any atom is 0.445 e. The van der Waals surface area contributed by atoms with Crippen LogP contribution in [-0.4, -0.2) is 6.18 Å². The van der Waals surface area contributed by atoms with Gasteiger partial charge in [0.05, 0.1) is 0 Å². The van der Waals surface area contributed by atoms with Crippen LogP contribution < -0.4 is 0 Å². The van der Waals surface area contributed by atoms with Gasteiger partial charge in [-0.25, -0.2) is 4.39 Å². The van der Waals surface area contributed by atoms with Crippen molar-refractivity contribution in [2.24, 2.45) is 0 Å². The average Bonchev–Trinajstić information content (AvgIpc) is 1.85. The molecule has 0 saturated carbocycles. The second kappa shape index (κ2) is 3.50. The SMILES string of the molecule is C=CCC(F)=C(F)C(F)(F)F. The normalized spacial score (nSPS) is 14.3. The van der Waals surface area contributed by atoms with Crippen molar-refractivity contribution in [3.63, 3.8) is 0 Å². The highest BCUT2D eigenvalue weighted by Crippen LogP contribution is 2.30. The molecule has 11 heavy (non-hydrogen) atoms. The van der Waals surface area contributed by atoms with Crippen molar-refractivity contribution >= 4 is 0 Å². The minimum atomic E-state index is -5.23. The molecule has 64 valence electrons. The summed E-state index contributed by atoms with van der Waals surface area (Å²) in [4.78, 5) is 0. The van der Waals surface area contributed by atoms with E-state index in [1.165, 1.54) is 0 Å². The zero-order valence-corrected chi connectivity index (χ0v) is 5.38. The number of allylic oxidation sites excluding steroid dienone is 3. The molecule has 0 amide bonds. The van der Waals surface area contributed by atoms with Crippen molar-refractivity contribution in [1.29, 1.82) is 0 Å². The molecule has 0 radical (unpaired) electrons. The van der Waals surface area contributed by atoms with Gasteiger partial charge in [0.25, 0.3) is 0 Å². The van der Waals surface area contributed by atoms with Gasteiger partial charge in [-0.05, 0) is 0 Å². The molecule has 0 atom stereocenters. The number of alkyl halides is 3. The lowest BCUT2D eigenvalue weighted by atomic mass is 10.3. The first-order chi connectivity index (χ1) is 4.89. The second-order valence-corrected chi connectivity index (χ2v) is 1.71. The molecule has 0 bridgehead atoms. The van der Waals surface area contributed by atoms with Crippen LogP contribution in [0.2, 0.25) is 0 Å². The highest BCUT2D eigenvalue weighted by Gasteiger charge is 2.37. The molecule has 0 spiro atoms. The van der Waals surface area contributed by atoms with Crippen LogP contribution in [0.25, 0.3) is 0 Å². The third kappa shape index (κ3) is 3.15. The van der Waals surface area contributed by atoms with Gasteiger partial charge in [-0.3, -0.25) is 0 Å². The largest absolute Gasteiger partial charge is 0.445 e. The summed E-state index contributed by atoms with van der Waals surface area (Å²) in [5.41, 5.74) is 0.